The maximum absolute atomic E-state index is 12.9. The second-order valence-electron chi connectivity index (χ2n) is 6.83. The van der Waals surface area contributed by atoms with Crippen molar-refractivity contribution in [2.24, 2.45) is 16.7 Å². The molecule has 0 unspecified atom stereocenters. The highest BCUT2D eigenvalue weighted by molar-refractivity contribution is 6.09. The maximum atomic E-state index is 12.9. The minimum atomic E-state index is -1.66. The van der Waals surface area contributed by atoms with Crippen molar-refractivity contribution in [1.82, 2.24) is 0 Å². The van der Waals surface area contributed by atoms with Gasteiger partial charge >= 0.3 is 0 Å². The number of nitrogens with zero attached hydrogens (tertiary/aromatic N) is 3. The van der Waals surface area contributed by atoms with Gasteiger partial charge in [0.25, 0.3) is 0 Å². The first kappa shape index (κ1) is 14.8. The van der Waals surface area contributed by atoms with Crippen LogP contribution in [0.3, 0.4) is 0 Å². The fourth-order valence-electron chi connectivity index (χ4n) is 5.12. The van der Waals surface area contributed by atoms with Gasteiger partial charge in [0.1, 0.15) is 6.07 Å². The van der Waals surface area contributed by atoms with Gasteiger partial charge in [-0.2, -0.15) is 15.8 Å². The van der Waals surface area contributed by atoms with E-state index in [1.165, 1.54) is 0 Å². The molecular weight excluding hydrogens is 274 g/mol. The highest BCUT2D eigenvalue weighted by Crippen LogP contribution is 2.63. The molecule has 0 aromatic rings. The fourth-order valence-corrected chi connectivity index (χ4v) is 5.12. The summed E-state index contributed by atoms with van der Waals surface area (Å²) in [5.74, 6) is -0.455. The quantitative estimate of drug-likeness (QED) is 0.683. The number of nitriles is 3. The van der Waals surface area contributed by atoms with Gasteiger partial charge in [-0.3, -0.25) is 4.79 Å². The van der Waals surface area contributed by atoms with Crippen LogP contribution in [0, 0.1) is 50.7 Å². The molecule has 0 saturated heterocycles. The van der Waals surface area contributed by atoms with Crippen LogP contribution in [0.5, 0.6) is 0 Å². The summed E-state index contributed by atoms with van der Waals surface area (Å²) in [5.41, 5.74) is -1.17. The summed E-state index contributed by atoms with van der Waals surface area (Å²) in [6.45, 7) is 0. The van der Waals surface area contributed by atoms with Crippen molar-refractivity contribution < 1.29 is 4.79 Å². The highest BCUT2D eigenvalue weighted by atomic mass is 16.1. The summed E-state index contributed by atoms with van der Waals surface area (Å²) in [6, 6.07) is 6.18. The molecule has 0 amide bonds. The minimum absolute atomic E-state index is 0.0631. The van der Waals surface area contributed by atoms with Gasteiger partial charge in [0.15, 0.2) is 0 Å². The lowest BCUT2D eigenvalue weighted by atomic mass is 9.45. The van der Waals surface area contributed by atoms with Crippen molar-refractivity contribution >= 4 is 5.78 Å². The molecule has 3 aliphatic rings. The second-order valence-corrected chi connectivity index (χ2v) is 6.83. The van der Waals surface area contributed by atoms with E-state index in [0.29, 0.717) is 0 Å². The molecule has 0 bridgehead atoms. The molecule has 2 saturated carbocycles. The first-order valence-electron chi connectivity index (χ1n) is 8.17. The van der Waals surface area contributed by atoms with Crippen molar-refractivity contribution in [3.8, 4) is 18.2 Å². The van der Waals surface area contributed by atoms with E-state index in [-0.39, 0.29) is 11.5 Å². The lowest BCUT2D eigenvalue weighted by Crippen LogP contribution is -2.56. The molecule has 0 heterocycles. The van der Waals surface area contributed by atoms with E-state index in [2.05, 4.69) is 12.1 Å². The van der Waals surface area contributed by atoms with Crippen LogP contribution in [-0.2, 0) is 4.79 Å². The number of allylic oxidation sites excluding steroid dienone is 2. The van der Waals surface area contributed by atoms with Crippen LogP contribution in [0.15, 0.2) is 11.1 Å². The predicted molar refractivity (Wildman–Crippen MR) is 78.8 cm³/mol. The Bertz CT molecular complexity index is 648. The molecule has 3 rings (SSSR count). The minimum Gasteiger partial charge on any atom is -0.290 e. The molecule has 0 radical (unpaired) electrons. The van der Waals surface area contributed by atoms with Crippen LogP contribution < -0.4 is 0 Å². The van der Waals surface area contributed by atoms with Crippen molar-refractivity contribution in [3.05, 3.63) is 11.1 Å². The standard InChI is InChI=1S/C18H19N3O/c19-10-14-13-6-2-3-7-15(13)17(8-4-1-5-9-17)18(11-20,12-21)16(14)22/h15H,1-9H2/t15-/m1/s1. The van der Waals surface area contributed by atoms with Crippen LogP contribution in [0.1, 0.15) is 57.8 Å². The molecule has 112 valence electrons. The number of ketones is 1. The Morgan fingerprint density at radius 3 is 2.23 bits per heavy atom. The average molecular weight is 293 g/mol. The first-order valence-corrected chi connectivity index (χ1v) is 8.17. The number of fused-ring (bicyclic) bond motifs is 2. The SMILES string of the molecule is N#CC1=C2CCCC[C@H]2C2(CCCCC2)C(C#N)(C#N)C1=O. The van der Waals surface area contributed by atoms with Gasteiger partial charge in [0.05, 0.1) is 17.7 Å². The van der Waals surface area contributed by atoms with Gasteiger partial charge in [-0.15, -0.1) is 0 Å². The number of carbonyl (C=O) groups excluding carboxylic acids is 1. The fraction of sp³-hybridized carbons (Fsp3) is 0.667. The van der Waals surface area contributed by atoms with Crippen LogP contribution in [0.4, 0.5) is 0 Å². The van der Waals surface area contributed by atoms with Crippen molar-refractivity contribution in [1.29, 1.82) is 15.8 Å². The largest absolute Gasteiger partial charge is 0.290 e. The third-order valence-electron chi connectivity index (χ3n) is 6.11. The zero-order chi connectivity index (χ0) is 15.8. The van der Waals surface area contributed by atoms with E-state index in [4.69, 9.17) is 0 Å². The normalized spacial score (nSPS) is 29.1. The predicted octanol–water partition coefficient (Wildman–Crippen LogP) is 3.56. The molecule has 22 heavy (non-hydrogen) atoms. The van der Waals surface area contributed by atoms with E-state index < -0.39 is 16.6 Å². The van der Waals surface area contributed by atoms with Crippen LogP contribution in [0.25, 0.3) is 0 Å². The molecule has 4 nitrogen and oxygen atoms in total. The Morgan fingerprint density at radius 2 is 1.64 bits per heavy atom. The van der Waals surface area contributed by atoms with Crippen LogP contribution in [-0.4, -0.2) is 5.78 Å². The van der Waals surface area contributed by atoms with E-state index in [9.17, 15) is 20.6 Å². The molecule has 3 aliphatic carbocycles. The Morgan fingerprint density at radius 1 is 0.955 bits per heavy atom. The number of hydrogen-bond acceptors (Lipinski definition) is 4. The summed E-state index contributed by atoms with van der Waals surface area (Å²) in [4.78, 5) is 12.9. The van der Waals surface area contributed by atoms with Gasteiger partial charge in [-0.25, -0.2) is 0 Å². The first-order chi connectivity index (χ1) is 10.7. The summed E-state index contributed by atoms with van der Waals surface area (Å²) in [5, 5.41) is 29.1. The molecule has 1 spiro atoms. The van der Waals surface area contributed by atoms with E-state index >= 15 is 0 Å². The zero-order valence-electron chi connectivity index (χ0n) is 12.7. The third-order valence-corrected chi connectivity index (χ3v) is 6.11. The van der Waals surface area contributed by atoms with Gasteiger partial charge < -0.3 is 0 Å². The monoisotopic (exact) mass is 293 g/mol. The molecule has 0 N–H and O–H groups in total. The number of carbonyl (C=O) groups is 1. The smallest absolute Gasteiger partial charge is 0.212 e. The summed E-state index contributed by atoms with van der Waals surface area (Å²) >= 11 is 0. The van der Waals surface area contributed by atoms with E-state index in [1.54, 1.807) is 0 Å². The molecule has 2 fully saturated rings. The summed E-state index contributed by atoms with van der Waals surface area (Å²) < 4.78 is 0. The molecule has 0 aromatic heterocycles. The number of Topliss-reactive ketones (excluding diaryl/α,β-unsaturated/α-hetero) is 1. The van der Waals surface area contributed by atoms with E-state index in [1.807, 2.05) is 6.07 Å². The molecule has 0 aromatic carbocycles. The van der Waals surface area contributed by atoms with Crippen molar-refractivity contribution in [3.63, 3.8) is 0 Å². The van der Waals surface area contributed by atoms with Gasteiger partial charge in [-0.1, -0.05) is 25.7 Å². The Hall–Kier alpha value is -2.12. The van der Waals surface area contributed by atoms with Crippen LogP contribution >= 0.6 is 0 Å². The van der Waals surface area contributed by atoms with Crippen molar-refractivity contribution in [2.45, 2.75) is 57.8 Å². The summed E-state index contributed by atoms with van der Waals surface area (Å²) in [7, 11) is 0. The second kappa shape index (κ2) is 5.26. The van der Waals surface area contributed by atoms with Gasteiger partial charge in [0, 0.05) is 5.41 Å². The zero-order valence-corrected chi connectivity index (χ0v) is 12.7. The van der Waals surface area contributed by atoms with Crippen LogP contribution in [0.2, 0.25) is 0 Å². The lowest BCUT2D eigenvalue weighted by molar-refractivity contribution is -0.130. The summed E-state index contributed by atoms with van der Waals surface area (Å²) in [6.07, 6.45) is 8.25. The number of rotatable bonds is 0. The average Bonchev–Trinajstić information content (AvgIpc) is 2.58. The Labute approximate surface area is 131 Å². The molecule has 1 atom stereocenters. The molecular formula is C18H19N3O. The topological polar surface area (TPSA) is 88.4 Å². The molecule has 4 heteroatoms. The third kappa shape index (κ3) is 1.63. The Kier molecular flexibility index (Phi) is 3.54. The molecule has 0 aliphatic heterocycles. The van der Waals surface area contributed by atoms with Crippen molar-refractivity contribution in [2.75, 3.05) is 0 Å². The lowest BCUT2D eigenvalue weighted by Gasteiger charge is -2.54. The van der Waals surface area contributed by atoms with Gasteiger partial charge in [-0.05, 0) is 43.6 Å². The Balaban J connectivity index is 2.29. The highest BCUT2D eigenvalue weighted by Gasteiger charge is 2.65. The number of hydrogen-bond donors (Lipinski definition) is 0. The van der Waals surface area contributed by atoms with Gasteiger partial charge in [0.2, 0.25) is 11.2 Å². The maximum Gasteiger partial charge on any atom is 0.212 e. The van der Waals surface area contributed by atoms with E-state index in [0.717, 1.165) is 63.4 Å².